The van der Waals surface area contributed by atoms with E-state index in [4.69, 9.17) is 9.47 Å². The molecule has 3 N–H and O–H groups in total. The number of nitrogens with zero attached hydrogens (tertiary/aromatic N) is 1. The van der Waals surface area contributed by atoms with Crippen molar-refractivity contribution in [3.8, 4) is 0 Å². The van der Waals surface area contributed by atoms with E-state index in [1.54, 1.807) is 11.0 Å². The van der Waals surface area contributed by atoms with Gasteiger partial charge in [-0.05, 0) is 61.9 Å². The lowest BCUT2D eigenvalue weighted by atomic mass is 9.36. The van der Waals surface area contributed by atoms with Crippen molar-refractivity contribution in [2.75, 3.05) is 19.7 Å². The minimum absolute atomic E-state index is 0.0820. The summed E-state index contributed by atoms with van der Waals surface area (Å²) in [5, 5.41) is 33.8. The van der Waals surface area contributed by atoms with Gasteiger partial charge in [0.15, 0.2) is 5.78 Å². The number of ether oxygens (including phenoxy) is 2. The second-order valence-corrected chi connectivity index (χ2v) is 15.3. The lowest BCUT2D eigenvalue weighted by molar-refractivity contribution is -0.437. The Morgan fingerprint density at radius 1 is 1.04 bits per heavy atom. The number of amides is 1. The van der Waals surface area contributed by atoms with Crippen LogP contribution >= 0.6 is 0 Å². The summed E-state index contributed by atoms with van der Waals surface area (Å²) in [4.78, 5) is 68.7. The van der Waals surface area contributed by atoms with Gasteiger partial charge in [-0.15, -0.1) is 0 Å². The minimum atomic E-state index is -2.36. The molecule has 8 rings (SSSR count). The van der Waals surface area contributed by atoms with Crippen LogP contribution in [0.15, 0.2) is 24.3 Å². The van der Waals surface area contributed by atoms with Crippen LogP contribution in [0.3, 0.4) is 0 Å². The summed E-state index contributed by atoms with van der Waals surface area (Å²) in [6, 6.07) is 0. The lowest BCUT2D eigenvalue weighted by Crippen LogP contribution is -2.85. The van der Waals surface area contributed by atoms with Crippen LogP contribution in [0.5, 0.6) is 0 Å². The van der Waals surface area contributed by atoms with Crippen LogP contribution in [-0.4, -0.2) is 87.3 Å². The number of rotatable bonds is 4. The molecule has 244 valence electrons. The lowest BCUT2D eigenvalue weighted by Gasteiger charge is -2.73. The van der Waals surface area contributed by atoms with Gasteiger partial charge in [0.25, 0.3) is 0 Å². The summed E-state index contributed by atoms with van der Waals surface area (Å²) in [6.07, 6.45) is 3.91. The van der Waals surface area contributed by atoms with Crippen molar-refractivity contribution in [2.24, 2.45) is 51.8 Å². The van der Waals surface area contributed by atoms with Gasteiger partial charge in [0.2, 0.25) is 11.7 Å². The fourth-order valence-electron chi connectivity index (χ4n) is 10.9. The van der Waals surface area contributed by atoms with Crippen molar-refractivity contribution in [1.29, 1.82) is 0 Å². The van der Waals surface area contributed by atoms with Crippen LogP contribution < -0.4 is 0 Å². The number of carbonyl (C=O) groups excluding carboxylic acids is 4. The van der Waals surface area contributed by atoms with Gasteiger partial charge in [0.05, 0.1) is 29.8 Å². The molecule has 3 aliphatic heterocycles. The van der Waals surface area contributed by atoms with Crippen LogP contribution in [0.25, 0.3) is 0 Å². The highest BCUT2D eigenvalue weighted by Gasteiger charge is 2.88. The van der Waals surface area contributed by atoms with E-state index in [-0.39, 0.29) is 43.4 Å². The molecule has 5 aliphatic carbocycles. The third-order valence-electron chi connectivity index (χ3n) is 13.1. The number of hydrogen-bond acceptors (Lipinski definition) is 9. The number of carboxylic acids is 1. The van der Waals surface area contributed by atoms with Crippen molar-refractivity contribution in [3.63, 3.8) is 0 Å². The molecule has 4 bridgehead atoms. The second kappa shape index (κ2) is 10.1. The molecule has 10 atom stereocenters. The molecule has 1 amide bonds. The molecular weight excluding hydrogens is 582 g/mol. The highest BCUT2D eigenvalue weighted by molar-refractivity contribution is 6.06. The number of carboxylic acid groups (broad SMARTS) is 1. The first-order chi connectivity index (χ1) is 21.2. The zero-order valence-corrected chi connectivity index (χ0v) is 25.9. The Labute approximate surface area is 262 Å². The van der Waals surface area contributed by atoms with Crippen LogP contribution in [-0.2, 0) is 33.4 Å². The van der Waals surface area contributed by atoms with Crippen molar-refractivity contribution in [2.45, 2.75) is 83.2 Å². The predicted molar refractivity (Wildman–Crippen MR) is 156 cm³/mol. The molecule has 0 aromatic carbocycles. The number of esters is 1. The summed E-state index contributed by atoms with van der Waals surface area (Å²) in [7, 11) is 0. The Bertz CT molecular complexity index is 1410. The molecule has 11 heteroatoms. The molecule has 45 heavy (non-hydrogen) atoms. The molecule has 0 aromatic rings. The van der Waals surface area contributed by atoms with E-state index >= 15 is 0 Å². The van der Waals surface area contributed by atoms with E-state index in [0.717, 1.165) is 0 Å². The maximum Gasteiger partial charge on any atom is 0.309 e. The minimum Gasteiger partial charge on any atom is -0.481 e. The van der Waals surface area contributed by atoms with E-state index in [1.165, 1.54) is 0 Å². The Morgan fingerprint density at radius 3 is 2.38 bits per heavy atom. The Kier molecular flexibility index (Phi) is 6.87. The van der Waals surface area contributed by atoms with Gasteiger partial charge < -0.3 is 29.7 Å². The number of piperidine rings is 1. The number of aliphatic carboxylic acids is 1. The van der Waals surface area contributed by atoms with Crippen LogP contribution in [0, 0.1) is 51.8 Å². The molecule has 4 saturated carbocycles. The first-order valence-corrected chi connectivity index (χ1v) is 16.4. The van der Waals surface area contributed by atoms with E-state index in [2.05, 4.69) is 6.58 Å². The first kappa shape index (κ1) is 30.7. The molecule has 8 aliphatic rings. The van der Waals surface area contributed by atoms with Crippen molar-refractivity contribution < 1.29 is 48.8 Å². The predicted octanol–water partition coefficient (Wildman–Crippen LogP) is 2.04. The highest BCUT2D eigenvalue weighted by atomic mass is 16.6. The Morgan fingerprint density at radius 2 is 1.71 bits per heavy atom. The van der Waals surface area contributed by atoms with E-state index in [9.17, 15) is 39.3 Å². The van der Waals surface area contributed by atoms with Crippen molar-refractivity contribution in [1.82, 2.24) is 4.90 Å². The summed E-state index contributed by atoms with van der Waals surface area (Å²) >= 11 is 0. The normalized spacial score (nSPS) is 45.2. The Balaban J connectivity index is 1.15. The topological polar surface area (TPSA) is 168 Å². The van der Waals surface area contributed by atoms with E-state index < -0.39 is 87.5 Å². The van der Waals surface area contributed by atoms with E-state index in [1.807, 2.05) is 19.9 Å². The summed E-state index contributed by atoms with van der Waals surface area (Å²) in [6.45, 7) is 8.44. The molecule has 2 spiro atoms. The van der Waals surface area contributed by atoms with Crippen LogP contribution in [0.1, 0.15) is 65.2 Å². The third-order valence-corrected chi connectivity index (χ3v) is 13.1. The number of hydrogen-bond donors (Lipinski definition) is 3. The molecule has 7 fully saturated rings. The van der Waals surface area contributed by atoms with Crippen molar-refractivity contribution >= 4 is 29.4 Å². The van der Waals surface area contributed by atoms with Crippen LogP contribution in [0.4, 0.5) is 0 Å². The number of aliphatic hydroxyl groups excluding tert-OH is 1. The van der Waals surface area contributed by atoms with Gasteiger partial charge in [-0.25, -0.2) is 0 Å². The van der Waals surface area contributed by atoms with Gasteiger partial charge in [-0.1, -0.05) is 32.6 Å². The average molecular weight is 626 g/mol. The zero-order valence-electron chi connectivity index (χ0n) is 25.9. The zero-order chi connectivity index (χ0) is 32.3. The average Bonchev–Trinajstić information content (AvgIpc) is 3.13. The summed E-state index contributed by atoms with van der Waals surface area (Å²) < 4.78 is 12.3. The van der Waals surface area contributed by atoms with E-state index in [0.29, 0.717) is 44.9 Å². The number of carbonyl (C=O) groups is 5. The van der Waals surface area contributed by atoms with Crippen molar-refractivity contribution in [3.05, 3.63) is 24.3 Å². The molecule has 11 nitrogen and oxygen atoms in total. The number of ketones is 2. The largest absolute Gasteiger partial charge is 0.481 e. The number of Topliss-reactive ketones (excluding diaryl/α,β-unsaturated/α-hetero) is 2. The number of aliphatic hydroxyl groups is 2. The summed E-state index contributed by atoms with van der Waals surface area (Å²) in [5.41, 5.74) is -3.33. The quantitative estimate of drug-likeness (QED) is 0.239. The van der Waals surface area contributed by atoms with Gasteiger partial charge in [0, 0.05) is 31.3 Å². The smallest absolute Gasteiger partial charge is 0.309 e. The number of likely N-dealkylation sites (tertiary alicyclic amines) is 1. The van der Waals surface area contributed by atoms with Gasteiger partial charge in [-0.2, -0.15) is 0 Å². The summed E-state index contributed by atoms with van der Waals surface area (Å²) in [5.74, 6) is -8.63. The van der Waals surface area contributed by atoms with Crippen LogP contribution in [0.2, 0.25) is 0 Å². The molecule has 3 heterocycles. The standard InChI is InChI=1S/C34H43NO10/c1-17-19-8-9-22-32-16-44-34(43,26(38)24(32)31(2,3)13-10-23(32)36)33(22,25(17)37)27(19)45-30(42)18-11-14-35(15-12-18)28(39)20-6-4-5-7-21(20)29(40)41/h4-5,18-22,24,26-27,38,43H,1,6-16H2,2-3H3,(H,40,41)/t19-,20?,21?,22-,24+,26-,27+,32+,33-,34+/m0/s1. The SMILES string of the molecule is C=C1C(=O)[C@]23[C@H](OC(=O)C4CCN(C(=O)C5CC=CCC5C(=O)O)CC4)[C@H]1CC[C@H]2[C@@]12CO[C@]3(O)[C@@H](O)[C@@H]1C(C)(C)CCC2=O. The molecular formula is C34H43NO10. The molecule has 0 radical (unpaired) electrons. The Hall–Kier alpha value is -2.89. The van der Waals surface area contributed by atoms with Gasteiger partial charge >= 0.3 is 11.9 Å². The molecule has 0 aromatic heterocycles. The second-order valence-electron chi connectivity index (χ2n) is 15.3. The number of fused-ring (bicyclic) bond motifs is 2. The maximum atomic E-state index is 14.3. The number of allylic oxidation sites excluding steroid dienone is 2. The fourth-order valence-corrected chi connectivity index (χ4v) is 10.9. The van der Waals surface area contributed by atoms with Gasteiger partial charge in [0.1, 0.15) is 23.4 Å². The monoisotopic (exact) mass is 625 g/mol. The first-order valence-electron chi connectivity index (χ1n) is 16.4. The fraction of sp³-hybridized carbons (Fsp3) is 0.735. The maximum absolute atomic E-state index is 14.3. The third kappa shape index (κ3) is 3.77. The van der Waals surface area contributed by atoms with Gasteiger partial charge in [-0.3, -0.25) is 24.0 Å². The molecule has 2 unspecified atom stereocenters. The molecule has 3 saturated heterocycles. The highest BCUT2D eigenvalue weighted by Crippen LogP contribution is 2.76.